The van der Waals surface area contributed by atoms with Gasteiger partial charge in [0.15, 0.2) is 4.77 Å². The number of hydrogen-bond acceptors (Lipinski definition) is 2. The SMILES string of the molecule is FC(F)Cn1c(C2CCC2)n[nH]c1=S. The van der Waals surface area contributed by atoms with Gasteiger partial charge in [-0.2, -0.15) is 5.10 Å². The molecule has 6 heteroatoms. The maximum atomic E-state index is 12.2. The molecule has 0 saturated heterocycles. The molecule has 0 amide bonds. The molecule has 0 unspecified atom stereocenters. The van der Waals surface area contributed by atoms with E-state index in [1.807, 2.05) is 0 Å². The average Bonchev–Trinajstić information content (AvgIpc) is 2.32. The second kappa shape index (κ2) is 3.76. The van der Waals surface area contributed by atoms with Crippen molar-refractivity contribution in [1.29, 1.82) is 0 Å². The van der Waals surface area contributed by atoms with E-state index in [1.165, 1.54) is 4.57 Å². The first-order chi connectivity index (χ1) is 6.68. The number of aromatic amines is 1. The summed E-state index contributed by atoms with van der Waals surface area (Å²) in [5.41, 5.74) is 0. The molecule has 1 aromatic heterocycles. The predicted octanol–water partition coefficient (Wildman–Crippen LogP) is 2.47. The lowest BCUT2D eigenvalue weighted by molar-refractivity contribution is 0.123. The van der Waals surface area contributed by atoms with Crippen molar-refractivity contribution < 1.29 is 8.78 Å². The minimum absolute atomic E-state index is 0.298. The fraction of sp³-hybridized carbons (Fsp3) is 0.750. The Balaban J connectivity index is 2.25. The minimum atomic E-state index is -2.38. The maximum Gasteiger partial charge on any atom is 0.256 e. The van der Waals surface area contributed by atoms with Crippen molar-refractivity contribution in [1.82, 2.24) is 14.8 Å². The molecule has 78 valence electrons. The molecule has 0 aromatic carbocycles. The second-order valence-electron chi connectivity index (χ2n) is 3.52. The highest BCUT2D eigenvalue weighted by Crippen LogP contribution is 2.35. The molecule has 0 bridgehead atoms. The zero-order valence-corrected chi connectivity index (χ0v) is 8.36. The Bertz CT molecular complexity index is 367. The smallest absolute Gasteiger partial charge is 0.256 e. The summed E-state index contributed by atoms with van der Waals surface area (Å²) in [5.74, 6) is 1.02. The van der Waals surface area contributed by atoms with Crippen LogP contribution in [0.25, 0.3) is 0 Å². The monoisotopic (exact) mass is 219 g/mol. The van der Waals surface area contributed by atoms with Gasteiger partial charge in [0, 0.05) is 5.92 Å². The summed E-state index contributed by atoms with van der Waals surface area (Å²) in [6, 6.07) is 0. The number of aromatic nitrogens is 3. The number of nitrogens with zero attached hydrogens (tertiary/aromatic N) is 2. The van der Waals surface area contributed by atoms with E-state index in [0.29, 0.717) is 16.5 Å². The summed E-state index contributed by atoms with van der Waals surface area (Å²) < 4.78 is 26.2. The molecule has 1 saturated carbocycles. The van der Waals surface area contributed by atoms with E-state index in [2.05, 4.69) is 10.2 Å². The van der Waals surface area contributed by atoms with Gasteiger partial charge < -0.3 is 0 Å². The lowest BCUT2D eigenvalue weighted by atomic mass is 9.85. The van der Waals surface area contributed by atoms with Crippen LogP contribution in [0.1, 0.15) is 31.0 Å². The number of alkyl halides is 2. The highest BCUT2D eigenvalue weighted by Gasteiger charge is 2.25. The Kier molecular flexibility index (Phi) is 2.62. The molecule has 0 aliphatic heterocycles. The van der Waals surface area contributed by atoms with Crippen LogP contribution in [0.3, 0.4) is 0 Å². The summed E-state index contributed by atoms with van der Waals surface area (Å²) in [5, 5.41) is 6.58. The maximum absolute atomic E-state index is 12.2. The summed E-state index contributed by atoms with van der Waals surface area (Å²) in [6.07, 6.45) is 0.836. The lowest BCUT2D eigenvalue weighted by Crippen LogP contribution is -2.18. The number of rotatable bonds is 3. The third kappa shape index (κ3) is 1.70. The van der Waals surface area contributed by atoms with Gasteiger partial charge in [0.25, 0.3) is 6.43 Å². The third-order valence-electron chi connectivity index (χ3n) is 2.58. The Hall–Kier alpha value is -0.780. The zero-order chi connectivity index (χ0) is 10.1. The number of H-pyrrole nitrogens is 1. The van der Waals surface area contributed by atoms with Crippen LogP contribution in [-0.2, 0) is 6.54 Å². The molecule has 1 fully saturated rings. The van der Waals surface area contributed by atoms with Crippen molar-refractivity contribution in [2.75, 3.05) is 0 Å². The molecule has 1 N–H and O–H groups in total. The van der Waals surface area contributed by atoms with Crippen LogP contribution in [0.15, 0.2) is 0 Å². The number of halogens is 2. The second-order valence-corrected chi connectivity index (χ2v) is 3.90. The molecule has 0 radical (unpaired) electrons. The predicted molar refractivity (Wildman–Crippen MR) is 50.0 cm³/mol. The van der Waals surface area contributed by atoms with Crippen LogP contribution in [0, 0.1) is 4.77 Å². The molecule has 2 rings (SSSR count). The number of nitrogens with one attached hydrogen (secondary N) is 1. The van der Waals surface area contributed by atoms with E-state index in [4.69, 9.17) is 12.2 Å². The molecule has 1 aliphatic rings. The van der Waals surface area contributed by atoms with Crippen LogP contribution in [0.5, 0.6) is 0 Å². The normalized spacial score (nSPS) is 17.4. The standard InChI is InChI=1S/C8H11F2N3S/c9-6(10)4-13-7(5-2-1-3-5)11-12-8(13)14/h5-6H,1-4H2,(H,12,14). The molecule has 1 aromatic rings. The molecule has 14 heavy (non-hydrogen) atoms. The van der Waals surface area contributed by atoms with E-state index in [9.17, 15) is 8.78 Å². The lowest BCUT2D eigenvalue weighted by Gasteiger charge is -2.24. The highest BCUT2D eigenvalue weighted by molar-refractivity contribution is 7.71. The van der Waals surface area contributed by atoms with Crippen molar-refractivity contribution >= 4 is 12.2 Å². The van der Waals surface area contributed by atoms with E-state index in [0.717, 1.165) is 19.3 Å². The van der Waals surface area contributed by atoms with Crippen molar-refractivity contribution in [2.45, 2.75) is 38.2 Å². The molecule has 3 nitrogen and oxygen atoms in total. The summed E-state index contributed by atoms with van der Waals surface area (Å²) in [7, 11) is 0. The third-order valence-corrected chi connectivity index (χ3v) is 2.89. The highest BCUT2D eigenvalue weighted by atomic mass is 32.1. The topological polar surface area (TPSA) is 33.6 Å². The Morgan fingerprint density at radius 2 is 2.29 bits per heavy atom. The first kappa shape index (κ1) is 9.76. The summed E-state index contributed by atoms with van der Waals surface area (Å²) >= 11 is 4.89. The van der Waals surface area contributed by atoms with E-state index < -0.39 is 6.43 Å². The van der Waals surface area contributed by atoms with Gasteiger partial charge in [0.05, 0.1) is 6.54 Å². The van der Waals surface area contributed by atoms with Crippen LogP contribution < -0.4 is 0 Å². The van der Waals surface area contributed by atoms with Crippen molar-refractivity contribution in [3.8, 4) is 0 Å². The van der Waals surface area contributed by atoms with Crippen molar-refractivity contribution in [3.63, 3.8) is 0 Å². The van der Waals surface area contributed by atoms with E-state index in [-0.39, 0.29) is 6.54 Å². The van der Waals surface area contributed by atoms with E-state index >= 15 is 0 Å². The molecule has 1 aliphatic carbocycles. The minimum Gasteiger partial charge on any atom is -0.298 e. The van der Waals surface area contributed by atoms with Crippen LogP contribution in [0.4, 0.5) is 8.78 Å². The average molecular weight is 219 g/mol. The summed E-state index contributed by atoms with van der Waals surface area (Å²) in [6.45, 7) is -0.346. The van der Waals surface area contributed by atoms with Crippen LogP contribution >= 0.6 is 12.2 Å². The van der Waals surface area contributed by atoms with Gasteiger partial charge in [-0.3, -0.25) is 9.67 Å². The van der Waals surface area contributed by atoms with Gasteiger partial charge in [0.1, 0.15) is 5.82 Å². The molecular weight excluding hydrogens is 208 g/mol. The van der Waals surface area contributed by atoms with Gasteiger partial charge in [-0.1, -0.05) is 6.42 Å². The zero-order valence-electron chi connectivity index (χ0n) is 7.54. The van der Waals surface area contributed by atoms with Gasteiger partial charge in [-0.15, -0.1) is 0 Å². The van der Waals surface area contributed by atoms with Crippen LogP contribution in [-0.4, -0.2) is 21.2 Å². The fourth-order valence-corrected chi connectivity index (χ4v) is 1.84. The number of hydrogen-bond donors (Lipinski definition) is 1. The quantitative estimate of drug-likeness (QED) is 0.792. The molecular formula is C8H11F2N3S. The fourth-order valence-electron chi connectivity index (χ4n) is 1.62. The van der Waals surface area contributed by atoms with Crippen LogP contribution in [0.2, 0.25) is 0 Å². The van der Waals surface area contributed by atoms with Gasteiger partial charge in [0.2, 0.25) is 0 Å². The molecule has 0 atom stereocenters. The Morgan fingerprint density at radius 1 is 1.57 bits per heavy atom. The van der Waals surface area contributed by atoms with Crippen molar-refractivity contribution in [2.24, 2.45) is 0 Å². The molecule has 1 heterocycles. The Labute approximate surface area is 85.1 Å². The first-order valence-electron chi connectivity index (χ1n) is 4.61. The largest absolute Gasteiger partial charge is 0.298 e. The van der Waals surface area contributed by atoms with Gasteiger partial charge in [-0.05, 0) is 25.1 Å². The first-order valence-corrected chi connectivity index (χ1v) is 5.02. The molecule has 0 spiro atoms. The van der Waals surface area contributed by atoms with Gasteiger partial charge >= 0.3 is 0 Å². The van der Waals surface area contributed by atoms with Crippen molar-refractivity contribution in [3.05, 3.63) is 10.6 Å². The Morgan fingerprint density at radius 3 is 2.79 bits per heavy atom. The van der Waals surface area contributed by atoms with E-state index in [1.54, 1.807) is 0 Å². The summed E-state index contributed by atoms with van der Waals surface area (Å²) in [4.78, 5) is 0. The van der Waals surface area contributed by atoms with Gasteiger partial charge in [-0.25, -0.2) is 8.78 Å².